The monoisotopic (exact) mass is 602 g/mol. The van der Waals surface area contributed by atoms with Gasteiger partial charge in [0.25, 0.3) is 0 Å². The molecule has 0 saturated carbocycles. The van der Waals surface area contributed by atoms with Gasteiger partial charge < -0.3 is 9.38 Å². The average Bonchev–Trinajstić information content (AvgIpc) is 3.47. The van der Waals surface area contributed by atoms with Gasteiger partial charge in [-0.1, -0.05) is 139 Å². The highest BCUT2D eigenvalue weighted by atomic mass is 32.2. The first-order chi connectivity index (χ1) is 22.8. The van der Waals surface area contributed by atoms with Gasteiger partial charge in [0.2, 0.25) is 0 Å². The number of hydrogen-bond donors (Lipinski definition) is 0. The third-order valence-electron chi connectivity index (χ3n) is 9.62. The van der Waals surface area contributed by atoms with Gasteiger partial charge in [-0.05, 0) is 69.6 Å². The molecule has 0 bridgehead atoms. The SMILES string of the molecule is c1ccc(-c2ccc3c(c2)N(B2c4ccccc4-n4c5ccccc5c5cccc2c54)c2cc(-c4ccccc4)ccc2S3)cc1. The Morgan fingerprint density at radius 3 is 1.67 bits per heavy atom. The summed E-state index contributed by atoms with van der Waals surface area (Å²) >= 11 is 1.87. The standard InChI is InChI=1S/C42H27BN2S/c1-3-12-28(13-4-1)30-22-24-40-38(26-30)45(39-27-31(23-25-41(39)46-40)29-14-5-2-6-15-29)43-34-18-8-10-21-37(34)44-36-20-9-7-16-32(36)33-17-11-19-35(43)42(33)44/h1-27H. The van der Waals surface area contributed by atoms with E-state index in [1.165, 1.54) is 81.8 Å². The summed E-state index contributed by atoms with van der Waals surface area (Å²) in [5.74, 6) is 0. The van der Waals surface area contributed by atoms with E-state index in [0.717, 1.165) is 0 Å². The first-order valence-electron chi connectivity index (χ1n) is 15.8. The normalized spacial score (nSPS) is 13.0. The van der Waals surface area contributed by atoms with Crippen LogP contribution in [0.4, 0.5) is 11.4 Å². The van der Waals surface area contributed by atoms with Crippen molar-refractivity contribution in [2.45, 2.75) is 9.79 Å². The van der Waals surface area contributed by atoms with E-state index in [4.69, 9.17) is 0 Å². The van der Waals surface area contributed by atoms with Gasteiger partial charge in [-0.15, -0.1) is 0 Å². The molecule has 1 aromatic heterocycles. The summed E-state index contributed by atoms with van der Waals surface area (Å²) in [6.07, 6.45) is 0. The van der Waals surface area contributed by atoms with Crippen molar-refractivity contribution in [3.8, 4) is 27.9 Å². The number of anilines is 2. The highest BCUT2D eigenvalue weighted by Crippen LogP contribution is 2.51. The van der Waals surface area contributed by atoms with Crippen LogP contribution in [0.15, 0.2) is 174 Å². The highest BCUT2D eigenvalue weighted by Gasteiger charge is 2.41. The molecule has 8 aromatic rings. The van der Waals surface area contributed by atoms with Crippen LogP contribution in [0.25, 0.3) is 49.7 Å². The maximum Gasteiger partial charge on any atom is 0.332 e. The maximum atomic E-state index is 2.63. The number of fused-ring (bicyclic) bond motifs is 7. The Labute approximate surface area is 272 Å². The van der Waals surface area contributed by atoms with Crippen LogP contribution in [-0.2, 0) is 0 Å². The number of nitrogens with zero attached hydrogens (tertiary/aromatic N) is 2. The van der Waals surface area contributed by atoms with Gasteiger partial charge in [0.1, 0.15) is 0 Å². The van der Waals surface area contributed by atoms with Gasteiger partial charge in [0.15, 0.2) is 0 Å². The van der Waals surface area contributed by atoms with Crippen LogP contribution in [-0.4, -0.2) is 11.4 Å². The third-order valence-corrected chi connectivity index (χ3v) is 10.8. The molecule has 7 aromatic carbocycles. The number of benzene rings is 7. The van der Waals surface area contributed by atoms with E-state index in [0.29, 0.717) is 0 Å². The van der Waals surface area contributed by atoms with Crippen molar-refractivity contribution >= 4 is 62.7 Å². The summed E-state index contributed by atoms with van der Waals surface area (Å²) in [7, 11) is 0. The molecule has 0 saturated heterocycles. The molecule has 2 aliphatic heterocycles. The maximum absolute atomic E-state index is 2.63. The zero-order chi connectivity index (χ0) is 30.2. The van der Waals surface area contributed by atoms with Crippen molar-refractivity contribution in [3.05, 3.63) is 164 Å². The lowest BCUT2D eigenvalue weighted by molar-refractivity contribution is 1.17. The summed E-state index contributed by atoms with van der Waals surface area (Å²) in [5.41, 5.74) is 13.8. The Kier molecular flexibility index (Phi) is 5.64. The first kappa shape index (κ1) is 25.8. The van der Waals surface area contributed by atoms with Gasteiger partial charge in [-0.25, -0.2) is 0 Å². The summed E-state index contributed by atoms with van der Waals surface area (Å²) < 4.78 is 2.49. The van der Waals surface area contributed by atoms with E-state index >= 15 is 0 Å². The molecule has 2 aliphatic rings. The van der Waals surface area contributed by atoms with E-state index in [2.05, 4.69) is 173 Å². The molecular weight excluding hydrogens is 575 g/mol. The van der Waals surface area contributed by atoms with E-state index in [-0.39, 0.29) is 6.85 Å². The predicted molar refractivity (Wildman–Crippen MR) is 196 cm³/mol. The second kappa shape index (κ2) is 10.0. The molecule has 0 amide bonds. The van der Waals surface area contributed by atoms with Crippen molar-refractivity contribution in [2.75, 3.05) is 4.81 Å². The van der Waals surface area contributed by atoms with Crippen LogP contribution in [0.3, 0.4) is 0 Å². The zero-order valence-corrected chi connectivity index (χ0v) is 25.8. The van der Waals surface area contributed by atoms with Crippen LogP contribution in [0.5, 0.6) is 0 Å². The molecule has 214 valence electrons. The second-order valence-electron chi connectivity index (χ2n) is 12.1. The van der Waals surface area contributed by atoms with Crippen LogP contribution in [0.2, 0.25) is 0 Å². The smallest absolute Gasteiger partial charge is 0.332 e. The fourth-order valence-corrected chi connectivity index (χ4v) is 8.65. The molecule has 0 radical (unpaired) electrons. The molecule has 3 heterocycles. The summed E-state index contributed by atoms with van der Waals surface area (Å²) in [5, 5.41) is 2.60. The predicted octanol–water partition coefficient (Wildman–Crippen LogP) is 9.84. The van der Waals surface area contributed by atoms with E-state index in [1.54, 1.807) is 0 Å². The fourth-order valence-electron chi connectivity index (χ4n) is 7.61. The topological polar surface area (TPSA) is 8.17 Å². The quantitative estimate of drug-likeness (QED) is 0.186. The molecular formula is C42H27BN2S. The van der Waals surface area contributed by atoms with Crippen molar-refractivity contribution in [3.63, 3.8) is 0 Å². The Balaban J connectivity index is 1.29. The summed E-state index contributed by atoms with van der Waals surface area (Å²) in [6.45, 7) is -0.0211. The van der Waals surface area contributed by atoms with Gasteiger partial charge in [-0.2, -0.15) is 0 Å². The third kappa shape index (κ3) is 3.74. The number of rotatable bonds is 3. The average molecular weight is 603 g/mol. The molecule has 46 heavy (non-hydrogen) atoms. The summed E-state index contributed by atoms with van der Waals surface area (Å²) in [4.78, 5) is 5.18. The minimum atomic E-state index is -0.0211. The molecule has 0 N–H and O–H groups in total. The van der Waals surface area contributed by atoms with Crippen molar-refractivity contribution in [1.29, 1.82) is 0 Å². The molecule has 0 fully saturated rings. The molecule has 4 heteroatoms. The van der Waals surface area contributed by atoms with Crippen molar-refractivity contribution in [2.24, 2.45) is 0 Å². The second-order valence-corrected chi connectivity index (χ2v) is 13.2. The Morgan fingerprint density at radius 1 is 0.413 bits per heavy atom. The lowest BCUT2D eigenvalue weighted by atomic mass is 9.46. The van der Waals surface area contributed by atoms with Crippen molar-refractivity contribution in [1.82, 2.24) is 4.57 Å². The van der Waals surface area contributed by atoms with Gasteiger partial charge in [0.05, 0.1) is 11.0 Å². The molecule has 2 nitrogen and oxygen atoms in total. The fraction of sp³-hybridized carbons (Fsp3) is 0. The first-order valence-corrected chi connectivity index (χ1v) is 16.6. The van der Waals surface area contributed by atoms with Crippen molar-refractivity contribution < 1.29 is 0 Å². The lowest BCUT2D eigenvalue weighted by Crippen LogP contribution is -2.58. The van der Waals surface area contributed by atoms with Crippen LogP contribution in [0.1, 0.15) is 0 Å². The molecule has 10 rings (SSSR count). The largest absolute Gasteiger partial charge is 0.375 e. The number of hydrogen-bond acceptors (Lipinski definition) is 2. The van der Waals surface area contributed by atoms with Crippen LogP contribution < -0.4 is 15.7 Å². The molecule has 0 spiro atoms. The molecule has 0 atom stereocenters. The molecule has 0 aliphatic carbocycles. The van der Waals surface area contributed by atoms with Gasteiger partial charge >= 0.3 is 6.85 Å². The molecule has 0 unspecified atom stereocenters. The van der Waals surface area contributed by atoms with E-state index in [1.807, 2.05) is 11.8 Å². The minimum absolute atomic E-state index is 0.0211. The van der Waals surface area contributed by atoms with Gasteiger partial charge in [0, 0.05) is 37.6 Å². The number of aromatic nitrogens is 1. The van der Waals surface area contributed by atoms with Gasteiger partial charge in [-0.3, -0.25) is 0 Å². The zero-order valence-electron chi connectivity index (χ0n) is 25.0. The Morgan fingerprint density at radius 2 is 0.978 bits per heavy atom. The van der Waals surface area contributed by atoms with Crippen LogP contribution in [0, 0.1) is 0 Å². The van der Waals surface area contributed by atoms with E-state index in [9.17, 15) is 0 Å². The Hall–Kier alpha value is -5.45. The number of para-hydroxylation sites is 3. The minimum Gasteiger partial charge on any atom is -0.375 e. The lowest BCUT2D eigenvalue weighted by Gasteiger charge is -2.40. The highest BCUT2D eigenvalue weighted by molar-refractivity contribution is 7.99. The van der Waals surface area contributed by atoms with E-state index < -0.39 is 0 Å². The summed E-state index contributed by atoms with van der Waals surface area (Å²) in [6, 6.07) is 60.2. The Bertz CT molecular complexity index is 2380. The van der Waals surface area contributed by atoms with Crippen LogP contribution >= 0.6 is 11.8 Å².